The average molecular weight is 279 g/mol. The second kappa shape index (κ2) is 5.14. The molecule has 2 aromatic rings. The maximum absolute atomic E-state index is 4.85. The fraction of sp³-hybridized carbons (Fsp3) is 0.444. The van der Waals surface area contributed by atoms with Crippen molar-refractivity contribution in [1.82, 2.24) is 9.97 Å². The minimum Gasteiger partial charge on any atom is -0.367 e. The summed E-state index contributed by atoms with van der Waals surface area (Å²) in [5.41, 5.74) is 5.01. The van der Waals surface area contributed by atoms with Crippen molar-refractivity contribution in [2.75, 3.05) is 5.32 Å². The van der Waals surface area contributed by atoms with Gasteiger partial charge in [0.25, 0.3) is 0 Å². The first-order chi connectivity index (χ1) is 10.3. The van der Waals surface area contributed by atoms with Gasteiger partial charge < -0.3 is 5.32 Å². The molecule has 0 atom stereocenters. The molecule has 0 spiro atoms. The molecule has 1 saturated carbocycles. The molecule has 1 aromatic carbocycles. The van der Waals surface area contributed by atoms with Crippen LogP contribution in [-0.4, -0.2) is 16.0 Å². The molecule has 2 aliphatic rings. The van der Waals surface area contributed by atoms with Gasteiger partial charge in [0.05, 0.1) is 0 Å². The van der Waals surface area contributed by atoms with Crippen molar-refractivity contribution in [3.05, 3.63) is 41.1 Å². The van der Waals surface area contributed by atoms with Crippen LogP contribution >= 0.6 is 0 Å². The average Bonchev–Trinajstić information content (AvgIpc) is 3.32. The number of rotatable bonds is 3. The normalized spacial score (nSPS) is 17.4. The monoisotopic (exact) mass is 279 g/mol. The van der Waals surface area contributed by atoms with Crippen molar-refractivity contribution >= 4 is 5.82 Å². The van der Waals surface area contributed by atoms with E-state index >= 15 is 0 Å². The van der Waals surface area contributed by atoms with Crippen molar-refractivity contribution in [2.45, 2.75) is 51.5 Å². The Labute approximate surface area is 125 Å². The van der Waals surface area contributed by atoms with Crippen LogP contribution in [0.15, 0.2) is 24.3 Å². The van der Waals surface area contributed by atoms with E-state index in [0.717, 1.165) is 30.0 Å². The van der Waals surface area contributed by atoms with Gasteiger partial charge in [-0.3, -0.25) is 0 Å². The van der Waals surface area contributed by atoms with Crippen LogP contribution in [0.3, 0.4) is 0 Å². The maximum atomic E-state index is 4.85. The van der Waals surface area contributed by atoms with Gasteiger partial charge in [0.15, 0.2) is 5.82 Å². The lowest BCUT2D eigenvalue weighted by atomic mass is 9.96. The van der Waals surface area contributed by atoms with E-state index in [1.807, 2.05) is 0 Å². The fourth-order valence-electron chi connectivity index (χ4n) is 2.97. The predicted octanol–water partition coefficient (Wildman–Crippen LogP) is 3.91. The highest BCUT2D eigenvalue weighted by atomic mass is 15.1. The van der Waals surface area contributed by atoms with Crippen molar-refractivity contribution in [3.63, 3.8) is 0 Å². The van der Waals surface area contributed by atoms with Crippen LogP contribution < -0.4 is 5.32 Å². The van der Waals surface area contributed by atoms with Crippen molar-refractivity contribution in [3.8, 4) is 11.4 Å². The maximum Gasteiger partial charge on any atom is 0.161 e. The molecule has 1 N–H and O–H groups in total. The largest absolute Gasteiger partial charge is 0.367 e. The fourth-order valence-corrected chi connectivity index (χ4v) is 2.97. The third kappa shape index (κ3) is 2.65. The molecule has 108 valence electrons. The zero-order valence-corrected chi connectivity index (χ0v) is 12.5. The SMILES string of the molecule is Cc1ccc(-c2nc3c(c(NC4CC4)n2)CCCC3)cc1. The van der Waals surface area contributed by atoms with E-state index in [1.54, 1.807) is 0 Å². The Balaban J connectivity index is 1.77. The van der Waals surface area contributed by atoms with E-state index in [2.05, 4.69) is 36.5 Å². The summed E-state index contributed by atoms with van der Waals surface area (Å²) in [5.74, 6) is 1.97. The molecule has 4 rings (SSSR count). The number of nitrogens with zero attached hydrogens (tertiary/aromatic N) is 2. The number of aryl methyl sites for hydroxylation is 2. The summed E-state index contributed by atoms with van der Waals surface area (Å²) in [7, 11) is 0. The second-order valence-electron chi connectivity index (χ2n) is 6.31. The molecule has 1 aromatic heterocycles. The minimum absolute atomic E-state index is 0.636. The second-order valence-corrected chi connectivity index (χ2v) is 6.31. The van der Waals surface area contributed by atoms with Gasteiger partial charge in [0.1, 0.15) is 5.82 Å². The number of benzene rings is 1. The van der Waals surface area contributed by atoms with Crippen molar-refractivity contribution in [2.24, 2.45) is 0 Å². The van der Waals surface area contributed by atoms with Gasteiger partial charge in [-0.2, -0.15) is 0 Å². The lowest BCUT2D eigenvalue weighted by molar-refractivity contribution is 0.664. The van der Waals surface area contributed by atoms with Crippen LogP contribution in [-0.2, 0) is 12.8 Å². The van der Waals surface area contributed by atoms with Crippen LogP contribution in [0.5, 0.6) is 0 Å². The first kappa shape index (κ1) is 12.8. The molecular weight excluding hydrogens is 258 g/mol. The first-order valence-corrected chi connectivity index (χ1v) is 8.03. The van der Waals surface area contributed by atoms with E-state index in [4.69, 9.17) is 9.97 Å². The Morgan fingerprint density at radius 2 is 1.76 bits per heavy atom. The summed E-state index contributed by atoms with van der Waals surface area (Å²) in [6, 6.07) is 9.15. The third-order valence-electron chi connectivity index (χ3n) is 4.41. The summed E-state index contributed by atoms with van der Waals surface area (Å²) in [6.07, 6.45) is 7.28. The highest BCUT2D eigenvalue weighted by Crippen LogP contribution is 2.32. The Morgan fingerprint density at radius 3 is 2.52 bits per heavy atom. The number of fused-ring (bicyclic) bond motifs is 1. The molecule has 0 saturated heterocycles. The number of nitrogens with one attached hydrogen (secondary N) is 1. The summed E-state index contributed by atoms with van der Waals surface area (Å²) in [5, 5.41) is 3.61. The van der Waals surface area contributed by atoms with Gasteiger partial charge in [-0.1, -0.05) is 29.8 Å². The number of hydrogen-bond donors (Lipinski definition) is 1. The lowest BCUT2D eigenvalue weighted by Gasteiger charge is -2.20. The molecule has 1 heterocycles. The zero-order chi connectivity index (χ0) is 14.2. The van der Waals surface area contributed by atoms with Crippen LogP contribution in [0.1, 0.15) is 42.5 Å². The van der Waals surface area contributed by atoms with E-state index in [-0.39, 0.29) is 0 Å². The van der Waals surface area contributed by atoms with E-state index in [0.29, 0.717) is 6.04 Å². The Morgan fingerprint density at radius 1 is 1.00 bits per heavy atom. The van der Waals surface area contributed by atoms with E-state index in [1.165, 1.54) is 42.5 Å². The summed E-state index contributed by atoms with van der Waals surface area (Å²) in [4.78, 5) is 9.69. The molecule has 1 fully saturated rings. The molecule has 0 unspecified atom stereocenters. The first-order valence-electron chi connectivity index (χ1n) is 8.03. The van der Waals surface area contributed by atoms with Gasteiger partial charge >= 0.3 is 0 Å². The molecular formula is C18H21N3. The van der Waals surface area contributed by atoms with Crippen LogP contribution in [0, 0.1) is 6.92 Å². The van der Waals surface area contributed by atoms with E-state index < -0.39 is 0 Å². The highest BCUT2D eigenvalue weighted by molar-refractivity contribution is 5.61. The van der Waals surface area contributed by atoms with Crippen LogP contribution in [0.25, 0.3) is 11.4 Å². The van der Waals surface area contributed by atoms with Crippen molar-refractivity contribution in [1.29, 1.82) is 0 Å². The van der Waals surface area contributed by atoms with Gasteiger partial charge in [-0.15, -0.1) is 0 Å². The molecule has 21 heavy (non-hydrogen) atoms. The Kier molecular flexibility index (Phi) is 3.13. The smallest absolute Gasteiger partial charge is 0.161 e. The van der Waals surface area contributed by atoms with Gasteiger partial charge in [-0.05, 0) is 45.4 Å². The predicted molar refractivity (Wildman–Crippen MR) is 85.5 cm³/mol. The Bertz CT molecular complexity index is 657. The minimum atomic E-state index is 0.636. The van der Waals surface area contributed by atoms with E-state index in [9.17, 15) is 0 Å². The standard InChI is InChI=1S/C18H21N3/c1-12-6-8-13(9-7-12)17-20-16-5-3-2-4-15(16)18(21-17)19-14-10-11-14/h6-9,14H,2-5,10-11H2,1H3,(H,19,20,21). The number of anilines is 1. The lowest BCUT2D eigenvalue weighted by Crippen LogP contribution is -2.14. The van der Waals surface area contributed by atoms with Gasteiger partial charge in [0, 0.05) is 22.9 Å². The van der Waals surface area contributed by atoms with Crippen LogP contribution in [0.2, 0.25) is 0 Å². The highest BCUT2D eigenvalue weighted by Gasteiger charge is 2.25. The van der Waals surface area contributed by atoms with Gasteiger partial charge in [-0.25, -0.2) is 9.97 Å². The number of aromatic nitrogens is 2. The molecule has 0 bridgehead atoms. The molecule has 3 nitrogen and oxygen atoms in total. The Hall–Kier alpha value is -1.90. The topological polar surface area (TPSA) is 37.8 Å². The summed E-state index contributed by atoms with van der Waals surface area (Å²) < 4.78 is 0. The summed E-state index contributed by atoms with van der Waals surface area (Å²) >= 11 is 0. The third-order valence-corrected chi connectivity index (χ3v) is 4.41. The quantitative estimate of drug-likeness (QED) is 0.925. The number of hydrogen-bond acceptors (Lipinski definition) is 3. The van der Waals surface area contributed by atoms with Crippen LogP contribution in [0.4, 0.5) is 5.82 Å². The molecule has 0 radical (unpaired) electrons. The summed E-state index contributed by atoms with van der Waals surface area (Å²) in [6.45, 7) is 2.11. The van der Waals surface area contributed by atoms with Gasteiger partial charge in [0.2, 0.25) is 0 Å². The molecule has 2 aliphatic carbocycles. The molecule has 0 aliphatic heterocycles. The zero-order valence-electron chi connectivity index (χ0n) is 12.5. The molecule has 3 heteroatoms. The van der Waals surface area contributed by atoms with Crippen molar-refractivity contribution < 1.29 is 0 Å². The molecule has 0 amide bonds.